The summed E-state index contributed by atoms with van der Waals surface area (Å²) < 4.78 is 3.21. The zero-order valence-electron chi connectivity index (χ0n) is 12.5. The quantitative estimate of drug-likeness (QED) is 0.301. The maximum absolute atomic E-state index is 2.66. The van der Waals surface area contributed by atoms with Gasteiger partial charge in [0, 0.05) is 0 Å². The van der Waals surface area contributed by atoms with Crippen LogP contribution in [0.5, 0.6) is 0 Å². The average Bonchev–Trinajstić information content (AvgIpc) is 2.49. The molecule has 0 saturated heterocycles. The Morgan fingerprint density at radius 2 is 1.95 bits per heavy atom. The van der Waals surface area contributed by atoms with Crippen LogP contribution in [0, 0.1) is 5.92 Å². The molecule has 1 fully saturated rings. The van der Waals surface area contributed by atoms with Gasteiger partial charge in [0.05, 0.1) is 0 Å². The molecule has 1 aromatic rings. The Bertz CT molecular complexity index is 393. The molecule has 0 nitrogen and oxygen atoms in total. The van der Waals surface area contributed by atoms with Gasteiger partial charge in [-0.25, -0.2) is 0 Å². The third-order valence-electron chi connectivity index (χ3n) is 3.73. The molecule has 0 spiro atoms. The molecule has 0 unspecified atom stereocenters. The summed E-state index contributed by atoms with van der Waals surface area (Å²) >= 11 is 2.09. The van der Waals surface area contributed by atoms with Crippen LogP contribution in [0.2, 0.25) is 4.47 Å². The van der Waals surface area contributed by atoms with Crippen LogP contribution in [0.15, 0.2) is 44.3 Å². The van der Waals surface area contributed by atoms with Gasteiger partial charge in [-0.05, 0) is 0 Å². The van der Waals surface area contributed by atoms with Crippen LogP contribution in [0.4, 0.5) is 0 Å². The topological polar surface area (TPSA) is 0 Å². The fraction of sp³-hybridized carbons (Fsp3) is 0.556. The van der Waals surface area contributed by atoms with Crippen LogP contribution in [-0.4, -0.2) is 20.9 Å². The summed E-state index contributed by atoms with van der Waals surface area (Å²) in [4.78, 5) is 1.43. The molecule has 20 heavy (non-hydrogen) atoms. The van der Waals surface area contributed by atoms with Crippen LogP contribution in [0.3, 0.4) is 0 Å². The molecule has 0 N–H and O–H groups in total. The SMILES string of the molecule is CCCC[Te]/C(=C\C1CCCCC1)Sc1ccccc1. The molecule has 0 amide bonds. The van der Waals surface area contributed by atoms with Gasteiger partial charge in [0.1, 0.15) is 0 Å². The van der Waals surface area contributed by atoms with E-state index >= 15 is 0 Å². The van der Waals surface area contributed by atoms with E-state index in [1.165, 1.54) is 54.3 Å². The zero-order chi connectivity index (χ0) is 14.0. The monoisotopic (exact) mass is 404 g/mol. The van der Waals surface area contributed by atoms with Crippen LogP contribution in [-0.2, 0) is 0 Å². The van der Waals surface area contributed by atoms with E-state index in [4.69, 9.17) is 0 Å². The molecule has 2 heteroatoms. The van der Waals surface area contributed by atoms with Crippen molar-refractivity contribution in [2.75, 3.05) is 0 Å². The number of allylic oxidation sites excluding steroid dienone is 1. The first-order valence-corrected chi connectivity index (χ1v) is 11.6. The summed E-state index contributed by atoms with van der Waals surface area (Å²) in [6.07, 6.45) is 12.6. The summed E-state index contributed by atoms with van der Waals surface area (Å²) in [5.74, 6) is 0.877. The van der Waals surface area contributed by atoms with Gasteiger partial charge in [-0.2, -0.15) is 0 Å². The molecule has 0 aromatic heterocycles. The maximum atomic E-state index is 2.66. The van der Waals surface area contributed by atoms with Crippen molar-refractivity contribution in [3.8, 4) is 0 Å². The van der Waals surface area contributed by atoms with Crippen molar-refractivity contribution in [1.29, 1.82) is 0 Å². The summed E-state index contributed by atoms with van der Waals surface area (Å²) in [7, 11) is 0. The Labute approximate surface area is 138 Å². The fourth-order valence-electron chi connectivity index (χ4n) is 2.53. The molecule has 0 atom stereocenters. The summed E-state index contributed by atoms with van der Waals surface area (Å²) in [6.45, 7) is 2.31. The van der Waals surface area contributed by atoms with E-state index in [1.54, 1.807) is 2.95 Å². The molecular weight excluding hydrogens is 376 g/mol. The van der Waals surface area contributed by atoms with Crippen LogP contribution < -0.4 is 0 Å². The van der Waals surface area contributed by atoms with Crippen molar-refractivity contribution in [3.63, 3.8) is 0 Å². The van der Waals surface area contributed by atoms with Gasteiger partial charge in [-0.1, -0.05) is 0 Å². The standard InChI is InChI=1S/C18H26STe/c1-2-3-14-20-18(15-16-10-6-4-7-11-16)19-17-12-8-5-9-13-17/h5,8-9,12-13,15-16H,2-4,6-7,10-11,14H2,1H3/b18-15-. The first-order chi connectivity index (χ1) is 9.88. The van der Waals surface area contributed by atoms with Crippen molar-refractivity contribution in [2.45, 2.75) is 61.2 Å². The van der Waals surface area contributed by atoms with Gasteiger partial charge in [0.15, 0.2) is 0 Å². The van der Waals surface area contributed by atoms with Crippen LogP contribution in [0.1, 0.15) is 51.9 Å². The molecule has 2 rings (SSSR count). The van der Waals surface area contributed by atoms with Gasteiger partial charge < -0.3 is 0 Å². The molecule has 1 aliphatic rings. The van der Waals surface area contributed by atoms with E-state index in [-0.39, 0.29) is 20.9 Å². The number of unbranched alkanes of at least 4 members (excludes halogenated alkanes) is 1. The molecule has 0 bridgehead atoms. The van der Waals surface area contributed by atoms with E-state index < -0.39 is 0 Å². The van der Waals surface area contributed by atoms with Gasteiger partial charge in [-0.3, -0.25) is 0 Å². The van der Waals surface area contributed by atoms with E-state index in [9.17, 15) is 0 Å². The molecule has 1 saturated carbocycles. The van der Waals surface area contributed by atoms with E-state index in [0.717, 1.165) is 5.92 Å². The minimum absolute atomic E-state index is 0.0339. The third-order valence-corrected chi connectivity index (χ3v) is 8.68. The molecular formula is C18H26STe. The molecule has 110 valence electrons. The Morgan fingerprint density at radius 1 is 1.20 bits per heavy atom. The van der Waals surface area contributed by atoms with E-state index in [2.05, 4.69) is 55.1 Å². The second kappa shape index (κ2) is 9.93. The second-order valence-corrected chi connectivity index (χ2v) is 10.7. The van der Waals surface area contributed by atoms with Crippen molar-refractivity contribution in [1.82, 2.24) is 0 Å². The first-order valence-electron chi connectivity index (χ1n) is 7.96. The fourth-order valence-corrected chi connectivity index (χ4v) is 7.89. The van der Waals surface area contributed by atoms with Gasteiger partial charge in [0.25, 0.3) is 0 Å². The van der Waals surface area contributed by atoms with Gasteiger partial charge in [0.2, 0.25) is 0 Å². The first kappa shape index (κ1) is 16.5. The van der Waals surface area contributed by atoms with Crippen LogP contribution >= 0.6 is 11.8 Å². The molecule has 0 aliphatic heterocycles. The second-order valence-electron chi connectivity index (χ2n) is 5.50. The number of thioether (sulfide) groups is 1. The van der Waals surface area contributed by atoms with Crippen molar-refractivity contribution >= 4 is 32.7 Å². The number of benzene rings is 1. The minimum atomic E-state index is 0.0339. The summed E-state index contributed by atoms with van der Waals surface area (Å²) in [5.41, 5.74) is 0. The Morgan fingerprint density at radius 3 is 2.65 bits per heavy atom. The van der Waals surface area contributed by atoms with Gasteiger partial charge >= 0.3 is 139 Å². The van der Waals surface area contributed by atoms with Crippen molar-refractivity contribution in [3.05, 3.63) is 39.4 Å². The van der Waals surface area contributed by atoms with E-state index in [0.29, 0.717) is 0 Å². The molecule has 1 aromatic carbocycles. The van der Waals surface area contributed by atoms with E-state index in [1.807, 2.05) is 0 Å². The Kier molecular flexibility index (Phi) is 8.18. The number of rotatable bonds is 7. The normalized spacial score (nSPS) is 17.4. The number of hydrogen-bond acceptors (Lipinski definition) is 1. The average molecular weight is 402 g/mol. The van der Waals surface area contributed by atoms with Crippen molar-refractivity contribution in [2.24, 2.45) is 5.92 Å². The Balaban J connectivity index is 1.97. The predicted octanol–water partition coefficient (Wildman–Crippen LogP) is 6.12. The zero-order valence-corrected chi connectivity index (χ0v) is 15.7. The predicted molar refractivity (Wildman–Crippen MR) is 92.4 cm³/mol. The molecule has 0 radical (unpaired) electrons. The summed E-state index contributed by atoms with van der Waals surface area (Å²) in [5, 5.41) is 0. The Hall–Kier alpha value is 0.0996. The molecule has 0 heterocycles. The third kappa shape index (κ3) is 6.25. The molecule has 1 aliphatic carbocycles. The van der Waals surface area contributed by atoms with Crippen molar-refractivity contribution < 1.29 is 0 Å². The van der Waals surface area contributed by atoms with Gasteiger partial charge in [-0.15, -0.1) is 0 Å². The van der Waals surface area contributed by atoms with Crippen LogP contribution in [0.25, 0.3) is 0 Å². The summed E-state index contributed by atoms with van der Waals surface area (Å²) in [6, 6.07) is 10.9. The number of hydrogen-bond donors (Lipinski definition) is 0.